The third kappa shape index (κ3) is 4.90. The summed E-state index contributed by atoms with van der Waals surface area (Å²) in [5.41, 5.74) is 1.17. The summed E-state index contributed by atoms with van der Waals surface area (Å²) in [5.74, 6) is 2.38. The van der Waals surface area contributed by atoms with Gasteiger partial charge in [-0.2, -0.15) is 12.6 Å². The van der Waals surface area contributed by atoms with Gasteiger partial charge in [0, 0.05) is 31.8 Å². The molecule has 2 nitrogen and oxygen atoms in total. The number of anilines is 1. The van der Waals surface area contributed by atoms with Crippen molar-refractivity contribution in [3.8, 4) is 5.75 Å². The van der Waals surface area contributed by atoms with Gasteiger partial charge in [0.1, 0.15) is 5.75 Å². The number of ether oxygens (including phenoxy) is 1. The van der Waals surface area contributed by atoms with Crippen LogP contribution in [0, 0.1) is 5.92 Å². The van der Waals surface area contributed by atoms with E-state index >= 15 is 0 Å². The second kappa shape index (κ2) is 7.49. The first-order chi connectivity index (χ1) is 8.17. The molecule has 0 radical (unpaired) electrons. The summed E-state index contributed by atoms with van der Waals surface area (Å²) in [7, 11) is 4.07. The average Bonchev–Trinajstić information content (AvgIpc) is 2.34. The van der Waals surface area contributed by atoms with E-state index in [0.29, 0.717) is 5.92 Å². The van der Waals surface area contributed by atoms with Crippen LogP contribution in [0.2, 0.25) is 0 Å². The van der Waals surface area contributed by atoms with Crippen LogP contribution in [0.1, 0.15) is 19.8 Å². The van der Waals surface area contributed by atoms with Crippen molar-refractivity contribution in [3.63, 3.8) is 0 Å². The zero-order valence-electron chi connectivity index (χ0n) is 11.0. The predicted octanol–water partition coefficient (Wildman–Crippen LogP) is 3.48. The van der Waals surface area contributed by atoms with Crippen LogP contribution in [0.4, 0.5) is 5.69 Å². The van der Waals surface area contributed by atoms with Crippen LogP contribution in [0.3, 0.4) is 0 Å². The van der Waals surface area contributed by atoms with Crippen LogP contribution in [0.15, 0.2) is 24.3 Å². The normalized spacial score (nSPS) is 12.2. The Bertz CT molecular complexity index is 328. The van der Waals surface area contributed by atoms with Gasteiger partial charge in [0.05, 0.1) is 6.61 Å². The van der Waals surface area contributed by atoms with Gasteiger partial charge in [0.15, 0.2) is 0 Å². The molecule has 0 N–H and O–H groups in total. The van der Waals surface area contributed by atoms with Crippen molar-refractivity contribution in [3.05, 3.63) is 24.3 Å². The largest absolute Gasteiger partial charge is 0.493 e. The van der Waals surface area contributed by atoms with E-state index in [2.05, 4.69) is 36.6 Å². The summed E-state index contributed by atoms with van der Waals surface area (Å²) in [6.07, 6.45) is 2.36. The molecular weight excluding hydrogens is 230 g/mol. The molecule has 17 heavy (non-hydrogen) atoms. The third-order valence-electron chi connectivity index (χ3n) is 2.77. The van der Waals surface area contributed by atoms with Gasteiger partial charge in [-0.05, 0) is 24.3 Å². The highest BCUT2D eigenvalue weighted by Gasteiger charge is 2.07. The number of hydrogen-bond donors (Lipinski definition) is 1. The quantitative estimate of drug-likeness (QED) is 0.747. The molecule has 1 atom stereocenters. The fourth-order valence-electron chi connectivity index (χ4n) is 1.70. The minimum atomic E-state index is 0.548. The molecule has 0 fully saturated rings. The van der Waals surface area contributed by atoms with Gasteiger partial charge in [-0.25, -0.2) is 0 Å². The van der Waals surface area contributed by atoms with Crippen LogP contribution in [-0.2, 0) is 0 Å². The predicted molar refractivity (Wildman–Crippen MR) is 78.5 cm³/mol. The maximum absolute atomic E-state index is 5.83. The van der Waals surface area contributed by atoms with Gasteiger partial charge in [0.25, 0.3) is 0 Å². The molecule has 1 aromatic carbocycles. The molecule has 0 amide bonds. The third-order valence-corrected chi connectivity index (χ3v) is 3.29. The van der Waals surface area contributed by atoms with Gasteiger partial charge in [-0.15, -0.1) is 0 Å². The van der Waals surface area contributed by atoms with E-state index in [-0.39, 0.29) is 0 Å². The smallest absolute Gasteiger partial charge is 0.121 e. The first kappa shape index (κ1) is 14.2. The summed E-state index contributed by atoms with van der Waals surface area (Å²) in [6, 6.07) is 8.19. The van der Waals surface area contributed by atoms with Gasteiger partial charge in [-0.1, -0.05) is 19.4 Å². The average molecular weight is 253 g/mol. The van der Waals surface area contributed by atoms with Crippen LogP contribution in [0.25, 0.3) is 0 Å². The van der Waals surface area contributed by atoms with Gasteiger partial charge < -0.3 is 9.64 Å². The molecular formula is C14H23NOS. The van der Waals surface area contributed by atoms with E-state index < -0.39 is 0 Å². The number of rotatable bonds is 7. The fourth-order valence-corrected chi connectivity index (χ4v) is 1.99. The Morgan fingerprint density at radius 1 is 1.35 bits per heavy atom. The molecule has 0 aromatic heterocycles. The second-order valence-electron chi connectivity index (χ2n) is 4.54. The lowest BCUT2D eigenvalue weighted by Gasteiger charge is -2.17. The molecule has 1 aromatic rings. The summed E-state index contributed by atoms with van der Waals surface area (Å²) in [6.45, 7) is 2.96. The molecule has 0 heterocycles. The Morgan fingerprint density at radius 3 is 2.71 bits per heavy atom. The van der Waals surface area contributed by atoms with Crippen LogP contribution in [0.5, 0.6) is 5.75 Å². The lowest BCUT2D eigenvalue weighted by atomic mass is 10.1. The van der Waals surface area contributed by atoms with E-state index in [1.807, 2.05) is 26.2 Å². The highest BCUT2D eigenvalue weighted by molar-refractivity contribution is 7.80. The Kier molecular flexibility index (Phi) is 6.27. The van der Waals surface area contributed by atoms with Crippen LogP contribution >= 0.6 is 12.6 Å². The molecule has 0 saturated carbocycles. The van der Waals surface area contributed by atoms with Crippen molar-refractivity contribution < 1.29 is 4.74 Å². The number of benzene rings is 1. The monoisotopic (exact) mass is 253 g/mol. The zero-order chi connectivity index (χ0) is 12.7. The maximum Gasteiger partial charge on any atom is 0.121 e. The van der Waals surface area contributed by atoms with Gasteiger partial charge >= 0.3 is 0 Å². The molecule has 3 heteroatoms. The Balaban J connectivity index is 2.53. The van der Waals surface area contributed by atoms with Crippen LogP contribution in [-0.4, -0.2) is 26.5 Å². The summed E-state index contributed by atoms with van der Waals surface area (Å²) >= 11 is 4.36. The second-order valence-corrected chi connectivity index (χ2v) is 4.91. The fraction of sp³-hybridized carbons (Fsp3) is 0.571. The van der Waals surface area contributed by atoms with E-state index in [1.54, 1.807) is 0 Å². The van der Waals surface area contributed by atoms with Crippen molar-refractivity contribution in [2.45, 2.75) is 19.8 Å². The maximum atomic E-state index is 5.83. The lowest BCUT2D eigenvalue weighted by molar-refractivity contribution is 0.254. The highest BCUT2D eigenvalue weighted by Crippen LogP contribution is 2.20. The molecule has 0 spiro atoms. The number of nitrogens with zero attached hydrogens (tertiary/aromatic N) is 1. The van der Waals surface area contributed by atoms with Crippen LogP contribution < -0.4 is 9.64 Å². The lowest BCUT2D eigenvalue weighted by Crippen LogP contribution is -2.14. The Labute approximate surface area is 110 Å². The van der Waals surface area contributed by atoms with Crippen molar-refractivity contribution in [2.75, 3.05) is 31.4 Å². The van der Waals surface area contributed by atoms with Crippen molar-refractivity contribution in [1.29, 1.82) is 0 Å². The Morgan fingerprint density at radius 2 is 2.12 bits per heavy atom. The molecule has 0 saturated heterocycles. The molecule has 0 bridgehead atoms. The molecule has 0 aliphatic carbocycles. The molecule has 0 aliphatic heterocycles. The first-order valence-electron chi connectivity index (χ1n) is 6.18. The Hall–Kier alpha value is -0.830. The molecule has 1 rings (SSSR count). The van der Waals surface area contributed by atoms with Gasteiger partial charge in [-0.3, -0.25) is 0 Å². The van der Waals surface area contributed by atoms with E-state index in [1.165, 1.54) is 18.5 Å². The van der Waals surface area contributed by atoms with Crippen molar-refractivity contribution in [1.82, 2.24) is 0 Å². The minimum absolute atomic E-state index is 0.548. The molecule has 0 aliphatic rings. The van der Waals surface area contributed by atoms with Crippen molar-refractivity contribution in [2.24, 2.45) is 5.92 Å². The SMILES string of the molecule is CCCC(CS)COc1cccc(N(C)C)c1. The summed E-state index contributed by atoms with van der Waals surface area (Å²) in [5, 5.41) is 0. The van der Waals surface area contributed by atoms with E-state index in [4.69, 9.17) is 4.74 Å². The molecule has 96 valence electrons. The summed E-state index contributed by atoms with van der Waals surface area (Å²) in [4.78, 5) is 2.08. The highest BCUT2D eigenvalue weighted by atomic mass is 32.1. The molecule has 1 unspecified atom stereocenters. The zero-order valence-corrected chi connectivity index (χ0v) is 11.9. The van der Waals surface area contributed by atoms with E-state index in [0.717, 1.165) is 18.1 Å². The van der Waals surface area contributed by atoms with Crippen molar-refractivity contribution >= 4 is 18.3 Å². The first-order valence-corrected chi connectivity index (χ1v) is 6.81. The minimum Gasteiger partial charge on any atom is -0.493 e. The number of hydrogen-bond acceptors (Lipinski definition) is 3. The topological polar surface area (TPSA) is 12.5 Å². The number of thiol groups is 1. The standard InChI is InChI=1S/C14H23NOS/c1-4-6-12(11-17)10-16-14-8-5-7-13(9-14)15(2)3/h5,7-9,12,17H,4,6,10-11H2,1-3H3. The van der Waals surface area contributed by atoms with E-state index in [9.17, 15) is 0 Å². The van der Waals surface area contributed by atoms with Gasteiger partial charge in [0.2, 0.25) is 0 Å². The summed E-state index contributed by atoms with van der Waals surface area (Å²) < 4.78 is 5.83.